The Morgan fingerprint density at radius 3 is 2.71 bits per heavy atom. The molecule has 3 fully saturated rings. The minimum atomic E-state index is -0.513. The Bertz CT molecular complexity index is 1200. The molecule has 3 aliphatic rings. The predicted octanol–water partition coefficient (Wildman–Crippen LogP) is 6.43. The van der Waals surface area contributed by atoms with Crippen molar-refractivity contribution in [3.8, 4) is 5.88 Å². The molecular weight excluding hydrogens is 466 g/mol. The van der Waals surface area contributed by atoms with Gasteiger partial charge < -0.3 is 19.7 Å². The van der Waals surface area contributed by atoms with Gasteiger partial charge in [0.15, 0.2) is 5.69 Å². The summed E-state index contributed by atoms with van der Waals surface area (Å²) in [6.45, 7) is 14.8. The van der Waals surface area contributed by atoms with E-state index in [0.717, 1.165) is 37.7 Å². The lowest BCUT2D eigenvalue weighted by Crippen LogP contribution is -2.57. The van der Waals surface area contributed by atoms with Crippen molar-refractivity contribution in [3.05, 3.63) is 46.5 Å². The Morgan fingerprint density at radius 2 is 2.06 bits per heavy atom. The molecule has 2 saturated heterocycles. The maximum atomic E-state index is 13.0. The fourth-order valence-corrected chi connectivity index (χ4v) is 5.77. The number of hydrogen-bond acceptors (Lipinski definition) is 6. The first-order chi connectivity index (χ1) is 16.6. The third kappa shape index (κ3) is 4.38. The molecule has 1 aromatic carbocycles. The first-order valence-electron chi connectivity index (χ1n) is 12.0. The van der Waals surface area contributed by atoms with Crippen LogP contribution in [0.5, 0.6) is 5.88 Å². The molecule has 35 heavy (non-hydrogen) atoms. The van der Waals surface area contributed by atoms with E-state index in [9.17, 15) is 4.79 Å². The number of ether oxygens (including phenoxy) is 2. The van der Waals surface area contributed by atoms with E-state index in [-0.39, 0.29) is 29.7 Å². The molecule has 2 aliphatic heterocycles. The number of fused-ring (bicyclic) bond motifs is 3. The number of nitrogens with one attached hydrogen (secondary N) is 1. The SMILES string of the molecule is [C-]#[N+]c1ccc(Nc2ncnc(OC3CC4CCC(N4C(=O)OC(C)(C)C)C34CC4)c2C)c(Cl)c1. The number of carbonyl (C=O) groups is 1. The smallest absolute Gasteiger partial charge is 0.410 e. The highest BCUT2D eigenvalue weighted by molar-refractivity contribution is 6.33. The minimum Gasteiger partial charge on any atom is -0.473 e. The summed E-state index contributed by atoms with van der Waals surface area (Å²) in [5.41, 5.74) is 1.37. The summed E-state index contributed by atoms with van der Waals surface area (Å²) in [5, 5.41) is 3.69. The van der Waals surface area contributed by atoms with Gasteiger partial charge in [0.2, 0.25) is 5.88 Å². The maximum absolute atomic E-state index is 13.0. The third-order valence-corrected chi connectivity index (χ3v) is 7.66. The molecule has 3 heterocycles. The summed E-state index contributed by atoms with van der Waals surface area (Å²) < 4.78 is 12.3. The van der Waals surface area contributed by atoms with Gasteiger partial charge in [-0.1, -0.05) is 17.7 Å². The molecule has 1 aromatic heterocycles. The molecule has 1 spiro atoms. The van der Waals surface area contributed by atoms with Crippen LogP contribution in [0.3, 0.4) is 0 Å². The zero-order valence-corrected chi connectivity index (χ0v) is 21.2. The third-order valence-electron chi connectivity index (χ3n) is 7.35. The van der Waals surface area contributed by atoms with E-state index in [4.69, 9.17) is 27.6 Å². The lowest BCUT2D eigenvalue weighted by molar-refractivity contribution is -0.0403. The van der Waals surface area contributed by atoms with Gasteiger partial charge in [0.25, 0.3) is 0 Å². The highest BCUT2D eigenvalue weighted by Gasteiger charge is 2.65. The number of benzene rings is 1. The number of halogens is 1. The predicted molar refractivity (Wildman–Crippen MR) is 133 cm³/mol. The summed E-state index contributed by atoms with van der Waals surface area (Å²) in [4.78, 5) is 27.2. The van der Waals surface area contributed by atoms with E-state index in [1.807, 2.05) is 32.6 Å². The summed E-state index contributed by atoms with van der Waals surface area (Å²) in [6.07, 6.45) is 6.06. The van der Waals surface area contributed by atoms with E-state index < -0.39 is 5.60 Å². The molecule has 1 saturated carbocycles. The van der Waals surface area contributed by atoms with Gasteiger partial charge in [0.05, 0.1) is 22.8 Å². The Labute approximate surface area is 210 Å². The van der Waals surface area contributed by atoms with E-state index >= 15 is 0 Å². The van der Waals surface area contributed by atoms with Gasteiger partial charge in [-0.05, 0) is 65.5 Å². The van der Waals surface area contributed by atoms with Crippen molar-refractivity contribution in [2.24, 2.45) is 5.41 Å². The molecular formula is C26H30ClN5O3. The molecule has 0 radical (unpaired) electrons. The van der Waals surface area contributed by atoms with Gasteiger partial charge in [-0.25, -0.2) is 19.6 Å². The highest BCUT2D eigenvalue weighted by Crippen LogP contribution is 2.62. The van der Waals surface area contributed by atoms with Gasteiger partial charge in [-0.3, -0.25) is 0 Å². The van der Waals surface area contributed by atoms with Crippen molar-refractivity contribution in [1.82, 2.24) is 14.9 Å². The second-order valence-electron chi connectivity index (χ2n) is 10.8. The molecule has 5 rings (SSSR count). The molecule has 9 heteroatoms. The van der Waals surface area contributed by atoms with Crippen molar-refractivity contribution in [3.63, 3.8) is 0 Å². The molecule has 8 nitrogen and oxygen atoms in total. The van der Waals surface area contributed by atoms with Crippen molar-refractivity contribution < 1.29 is 14.3 Å². The number of anilines is 2. The van der Waals surface area contributed by atoms with Gasteiger partial charge in [0, 0.05) is 23.9 Å². The van der Waals surface area contributed by atoms with Gasteiger partial charge in [-0.15, -0.1) is 0 Å². The monoisotopic (exact) mass is 495 g/mol. The molecule has 184 valence electrons. The van der Waals surface area contributed by atoms with Crippen LogP contribution in [0.4, 0.5) is 22.0 Å². The second-order valence-corrected chi connectivity index (χ2v) is 11.2. The van der Waals surface area contributed by atoms with Crippen LogP contribution in [0.15, 0.2) is 24.5 Å². The van der Waals surface area contributed by atoms with Gasteiger partial charge in [0.1, 0.15) is 23.9 Å². The molecule has 3 atom stereocenters. The minimum absolute atomic E-state index is 0.0123. The number of amides is 1. The van der Waals surface area contributed by atoms with E-state index in [2.05, 4.69) is 20.1 Å². The molecule has 1 amide bonds. The van der Waals surface area contributed by atoms with Crippen molar-refractivity contribution in [1.29, 1.82) is 0 Å². The number of rotatable bonds is 4. The van der Waals surface area contributed by atoms with Crippen molar-refractivity contribution >= 4 is 34.9 Å². The fourth-order valence-electron chi connectivity index (χ4n) is 5.55. The van der Waals surface area contributed by atoms with E-state index in [1.165, 1.54) is 6.33 Å². The lowest BCUT2D eigenvalue weighted by atomic mass is 9.84. The number of piperidine rings is 1. The molecule has 2 bridgehead atoms. The van der Waals surface area contributed by atoms with Gasteiger partial charge in [-0.2, -0.15) is 0 Å². The molecule has 3 unspecified atom stereocenters. The number of carbonyl (C=O) groups excluding carboxylic acids is 1. The standard InChI is InChI=1S/C26H30ClN5O3/c1-15-22(31-19-8-6-16(28-5)12-18(19)27)29-14-30-23(15)34-21-13-17-7-9-20(26(21)10-11-26)32(17)24(33)35-25(2,3)4/h6,8,12,14,17,20-21H,7,9-11,13H2,1-4H3,(H,29,30,31). The fraction of sp³-hybridized carbons (Fsp3) is 0.538. The van der Waals surface area contributed by atoms with E-state index in [0.29, 0.717) is 28.1 Å². The number of hydrogen-bond donors (Lipinski definition) is 1. The zero-order chi connectivity index (χ0) is 25.0. The topological polar surface area (TPSA) is 80.9 Å². The molecule has 1 N–H and O–H groups in total. The molecule has 1 aliphatic carbocycles. The van der Waals surface area contributed by atoms with Crippen LogP contribution in [0.2, 0.25) is 5.02 Å². The summed E-state index contributed by atoms with van der Waals surface area (Å²) in [5.74, 6) is 1.14. The Morgan fingerprint density at radius 1 is 1.29 bits per heavy atom. The lowest BCUT2D eigenvalue weighted by Gasteiger charge is -2.45. The van der Waals surface area contributed by atoms with Crippen LogP contribution in [0.25, 0.3) is 4.85 Å². The van der Waals surface area contributed by atoms with Crippen molar-refractivity contribution in [2.45, 2.75) is 83.6 Å². The normalized spacial score (nSPS) is 24.1. The zero-order valence-electron chi connectivity index (χ0n) is 20.5. The van der Waals surface area contributed by atoms with Crippen LogP contribution in [0, 0.1) is 18.9 Å². The summed E-state index contributed by atoms with van der Waals surface area (Å²) >= 11 is 6.35. The Kier molecular flexibility index (Phi) is 5.79. The number of aromatic nitrogens is 2. The average molecular weight is 496 g/mol. The Balaban J connectivity index is 1.35. The van der Waals surface area contributed by atoms with Crippen LogP contribution in [-0.2, 0) is 4.74 Å². The van der Waals surface area contributed by atoms with E-state index in [1.54, 1.807) is 18.2 Å². The van der Waals surface area contributed by atoms with Crippen LogP contribution >= 0.6 is 11.6 Å². The quantitative estimate of drug-likeness (QED) is 0.492. The summed E-state index contributed by atoms with van der Waals surface area (Å²) in [7, 11) is 0. The summed E-state index contributed by atoms with van der Waals surface area (Å²) in [6, 6.07) is 5.35. The Hall–Kier alpha value is -3.05. The van der Waals surface area contributed by atoms with Crippen LogP contribution in [0.1, 0.15) is 58.4 Å². The highest BCUT2D eigenvalue weighted by atomic mass is 35.5. The average Bonchev–Trinajstić information content (AvgIpc) is 3.50. The first-order valence-corrected chi connectivity index (χ1v) is 12.4. The maximum Gasteiger partial charge on any atom is 0.410 e. The van der Waals surface area contributed by atoms with Crippen LogP contribution in [-0.4, -0.2) is 44.7 Å². The second kappa shape index (κ2) is 8.56. The van der Waals surface area contributed by atoms with Gasteiger partial charge >= 0.3 is 6.09 Å². The first kappa shape index (κ1) is 23.7. The van der Waals surface area contributed by atoms with Crippen LogP contribution < -0.4 is 10.1 Å². The van der Waals surface area contributed by atoms with Crippen molar-refractivity contribution in [2.75, 3.05) is 5.32 Å². The largest absolute Gasteiger partial charge is 0.473 e. The molecule has 2 aromatic rings. The number of nitrogens with zero attached hydrogens (tertiary/aromatic N) is 4.